The third-order valence-corrected chi connectivity index (χ3v) is 0.622. The van der Waals surface area contributed by atoms with Crippen LogP contribution in [0.15, 0.2) is 0 Å². The van der Waals surface area contributed by atoms with Crippen LogP contribution >= 0.6 is 0 Å². The zero-order chi connectivity index (χ0) is 4.99. The molecule has 0 aliphatic carbocycles. The lowest BCUT2D eigenvalue weighted by atomic mass is 10.3. The summed E-state index contributed by atoms with van der Waals surface area (Å²) in [6.07, 6.45) is 0.819. The van der Waals surface area contributed by atoms with E-state index in [0.29, 0.717) is 6.04 Å². The monoisotopic (exact) mass is 90.1 g/mol. The van der Waals surface area contributed by atoms with Crippen LogP contribution in [0.5, 0.6) is 0 Å². The summed E-state index contributed by atoms with van der Waals surface area (Å²) < 4.78 is 0. The van der Waals surface area contributed by atoms with Crippen molar-refractivity contribution < 1.29 is 10.8 Å². The lowest BCUT2D eigenvalue weighted by Gasteiger charge is -1.92. The van der Waals surface area contributed by atoms with E-state index in [1.54, 1.807) is 0 Å². The Hall–Kier alpha value is -0.0800. The molecule has 1 atom stereocenters. The van der Waals surface area contributed by atoms with Crippen LogP contribution in [0.4, 0.5) is 0 Å². The van der Waals surface area contributed by atoms with E-state index in [2.05, 4.69) is 5.73 Å². The Bertz CT molecular complexity index is 28.7. The minimum atomic E-state index is 0.269. The first-order valence-electron chi connectivity index (χ1n) is 2.21. The Balaban J connectivity index is 2.63. The van der Waals surface area contributed by atoms with Gasteiger partial charge in [-0.3, -0.25) is 0 Å². The molecule has 0 aromatic heterocycles. The SMILES string of the molecule is C[C@H]([NH3+])CCO. The normalized spacial score (nSPS) is 14.5. The number of aliphatic hydroxyl groups excluding tert-OH is 1. The van der Waals surface area contributed by atoms with E-state index in [9.17, 15) is 0 Å². The van der Waals surface area contributed by atoms with Crippen molar-refractivity contribution >= 4 is 0 Å². The van der Waals surface area contributed by atoms with Gasteiger partial charge in [0.05, 0.1) is 6.04 Å². The van der Waals surface area contributed by atoms with Crippen molar-refractivity contribution in [1.29, 1.82) is 0 Å². The lowest BCUT2D eigenvalue weighted by molar-refractivity contribution is -0.415. The molecule has 0 fully saturated rings. The Morgan fingerprint density at radius 3 is 2.33 bits per heavy atom. The summed E-state index contributed by atoms with van der Waals surface area (Å²) in [5.74, 6) is 0. The summed E-state index contributed by atoms with van der Waals surface area (Å²) in [4.78, 5) is 0. The Labute approximate surface area is 38.0 Å². The number of hydrogen-bond donors (Lipinski definition) is 2. The maximum Gasteiger partial charge on any atom is 0.0837 e. The van der Waals surface area contributed by atoms with E-state index in [0.717, 1.165) is 6.42 Å². The Morgan fingerprint density at radius 1 is 1.83 bits per heavy atom. The zero-order valence-electron chi connectivity index (χ0n) is 4.15. The average molecular weight is 90.1 g/mol. The van der Waals surface area contributed by atoms with E-state index in [4.69, 9.17) is 5.11 Å². The minimum absolute atomic E-state index is 0.269. The Kier molecular flexibility index (Phi) is 3.08. The van der Waals surface area contributed by atoms with Gasteiger partial charge in [0.2, 0.25) is 0 Å². The van der Waals surface area contributed by atoms with Crippen molar-refractivity contribution in [1.82, 2.24) is 0 Å². The van der Waals surface area contributed by atoms with Crippen molar-refractivity contribution in [3.05, 3.63) is 0 Å². The minimum Gasteiger partial charge on any atom is -0.396 e. The quantitative estimate of drug-likeness (QED) is 0.449. The number of rotatable bonds is 2. The highest BCUT2D eigenvalue weighted by Gasteiger charge is 1.90. The van der Waals surface area contributed by atoms with Gasteiger partial charge in [-0.05, 0) is 6.92 Å². The number of aliphatic hydroxyl groups is 1. The fraction of sp³-hybridized carbons (Fsp3) is 1.00. The van der Waals surface area contributed by atoms with Crippen LogP contribution in [0, 0.1) is 0 Å². The molecule has 2 heteroatoms. The van der Waals surface area contributed by atoms with E-state index in [-0.39, 0.29) is 6.61 Å². The highest BCUT2D eigenvalue weighted by molar-refractivity contribution is 4.38. The summed E-state index contributed by atoms with van der Waals surface area (Å²) in [6, 6.07) is 0.398. The van der Waals surface area contributed by atoms with Gasteiger partial charge in [0.25, 0.3) is 0 Å². The first kappa shape index (κ1) is 5.92. The van der Waals surface area contributed by atoms with Gasteiger partial charge in [0.15, 0.2) is 0 Å². The highest BCUT2D eigenvalue weighted by Crippen LogP contribution is 1.76. The van der Waals surface area contributed by atoms with Crippen LogP contribution < -0.4 is 5.73 Å². The molecule has 0 saturated carbocycles. The van der Waals surface area contributed by atoms with Crippen LogP contribution in [0.3, 0.4) is 0 Å². The van der Waals surface area contributed by atoms with E-state index in [1.165, 1.54) is 0 Å². The smallest absolute Gasteiger partial charge is 0.0837 e. The van der Waals surface area contributed by atoms with Gasteiger partial charge in [0.1, 0.15) is 0 Å². The summed E-state index contributed by atoms with van der Waals surface area (Å²) in [6.45, 7) is 2.25. The van der Waals surface area contributed by atoms with Crippen molar-refractivity contribution in [2.75, 3.05) is 6.61 Å². The molecular weight excluding hydrogens is 78.0 g/mol. The molecule has 0 saturated heterocycles. The second-order valence-corrected chi connectivity index (χ2v) is 1.62. The molecular formula is C4H12NO+. The van der Waals surface area contributed by atoms with Gasteiger partial charge in [-0.15, -0.1) is 0 Å². The van der Waals surface area contributed by atoms with Gasteiger partial charge in [-0.2, -0.15) is 0 Å². The maximum absolute atomic E-state index is 8.20. The Morgan fingerprint density at radius 2 is 2.33 bits per heavy atom. The van der Waals surface area contributed by atoms with Gasteiger partial charge in [-0.25, -0.2) is 0 Å². The lowest BCUT2D eigenvalue weighted by Crippen LogP contribution is -2.59. The first-order chi connectivity index (χ1) is 2.77. The molecule has 0 amide bonds. The van der Waals surface area contributed by atoms with Crippen LogP contribution in [-0.2, 0) is 0 Å². The standard InChI is InChI=1S/C4H11NO/c1-4(5)2-3-6/h4,6H,2-3,5H2,1H3/p+1/t4-/m0/s1. The summed E-state index contributed by atoms with van der Waals surface area (Å²) in [5.41, 5.74) is 3.67. The fourth-order valence-corrected chi connectivity index (χ4v) is 0.220. The molecule has 2 nitrogen and oxygen atoms in total. The fourth-order valence-electron chi connectivity index (χ4n) is 0.220. The van der Waals surface area contributed by atoms with E-state index < -0.39 is 0 Å². The average Bonchev–Trinajstić information content (AvgIpc) is 1.35. The topological polar surface area (TPSA) is 47.9 Å². The number of hydrogen-bond acceptors (Lipinski definition) is 1. The molecule has 0 bridgehead atoms. The molecule has 38 valence electrons. The summed E-state index contributed by atoms with van der Waals surface area (Å²) in [7, 11) is 0. The molecule has 6 heavy (non-hydrogen) atoms. The van der Waals surface area contributed by atoms with Gasteiger partial charge in [0, 0.05) is 13.0 Å². The highest BCUT2D eigenvalue weighted by atomic mass is 16.3. The van der Waals surface area contributed by atoms with Crippen molar-refractivity contribution in [3.8, 4) is 0 Å². The van der Waals surface area contributed by atoms with E-state index >= 15 is 0 Å². The predicted molar refractivity (Wildman–Crippen MR) is 24.1 cm³/mol. The van der Waals surface area contributed by atoms with Gasteiger partial charge < -0.3 is 10.8 Å². The van der Waals surface area contributed by atoms with Crippen molar-refractivity contribution in [3.63, 3.8) is 0 Å². The third-order valence-electron chi connectivity index (χ3n) is 0.622. The number of quaternary nitrogens is 1. The molecule has 0 spiro atoms. The van der Waals surface area contributed by atoms with Crippen LogP contribution in [0.25, 0.3) is 0 Å². The largest absolute Gasteiger partial charge is 0.396 e. The van der Waals surface area contributed by atoms with Gasteiger partial charge in [-0.1, -0.05) is 0 Å². The second-order valence-electron chi connectivity index (χ2n) is 1.62. The van der Waals surface area contributed by atoms with Crippen molar-refractivity contribution in [2.24, 2.45) is 0 Å². The molecule has 0 aliphatic heterocycles. The molecule has 0 aromatic carbocycles. The maximum atomic E-state index is 8.20. The molecule has 4 N–H and O–H groups in total. The molecule has 0 heterocycles. The van der Waals surface area contributed by atoms with Crippen LogP contribution in [-0.4, -0.2) is 17.8 Å². The summed E-state index contributed by atoms with van der Waals surface area (Å²) >= 11 is 0. The van der Waals surface area contributed by atoms with Gasteiger partial charge >= 0.3 is 0 Å². The first-order valence-corrected chi connectivity index (χ1v) is 2.21. The van der Waals surface area contributed by atoms with Crippen LogP contribution in [0.2, 0.25) is 0 Å². The van der Waals surface area contributed by atoms with Crippen molar-refractivity contribution in [2.45, 2.75) is 19.4 Å². The zero-order valence-corrected chi connectivity index (χ0v) is 4.15. The predicted octanol–water partition coefficient (Wildman–Crippen LogP) is -1.00. The molecule has 0 radical (unpaired) electrons. The van der Waals surface area contributed by atoms with E-state index in [1.807, 2.05) is 6.92 Å². The molecule has 0 unspecified atom stereocenters. The third kappa shape index (κ3) is 3.92. The molecule has 0 aromatic rings. The summed E-state index contributed by atoms with van der Waals surface area (Å²) in [5, 5.41) is 8.20. The molecule has 0 rings (SSSR count). The molecule has 0 aliphatic rings. The second kappa shape index (κ2) is 3.12. The van der Waals surface area contributed by atoms with Crippen LogP contribution in [0.1, 0.15) is 13.3 Å².